The van der Waals surface area contributed by atoms with Crippen LogP contribution in [0.4, 0.5) is 8.78 Å². The van der Waals surface area contributed by atoms with Crippen LogP contribution in [0, 0.1) is 11.6 Å². The number of fused-ring (bicyclic) bond motifs is 1. The van der Waals surface area contributed by atoms with Gasteiger partial charge in [0, 0.05) is 21.7 Å². The minimum absolute atomic E-state index is 0.156. The zero-order valence-electron chi connectivity index (χ0n) is 14.2. The molecule has 0 spiro atoms. The van der Waals surface area contributed by atoms with Crippen molar-refractivity contribution in [1.82, 2.24) is 10.6 Å². The predicted octanol–water partition coefficient (Wildman–Crippen LogP) is 4.44. The molecule has 0 aliphatic carbocycles. The van der Waals surface area contributed by atoms with Crippen molar-refractivity contribution in [1.29, 1.82) is 0 Å². The van der Waals surface area contributed by atoms with Crippen molar-refractivity contribution in [2.24, 2.45) is 0 Å². The number of carbonyl (C=O) groups is 2. The zero-order valence-corrected chi connectivity index (χ0v) is 15.8. The molecule has 8 heteroatoms. The van der Waals surface area contributed by atoms with E-state index < -0.39 is 29.5 Å². The molecule has 0 saturated heterocycles. The summed E-state index contributed by atoms with van der Waals surface area (Å²) in [7, 11) is 0. The van der Waals surface area contributed by atoms with E-state index in [0.717, 1.165) is 22.2 Å². The third kappa shape index (κ3) is 4.26. The molecular weight excluding hydrogens is 394 g/mol. The van der Waals surface area contributed by atoms with Crippen LogP contribution in [0.1, 0.15) is 28.2 Å². The number of benzene rings is 2. The fourth-order valence-electron chi connectivity index (χ4n) is 2.62. The van der Waals surface area contributed by atoms with Gasteiger partial charge in [0.2, 0.25) is 5.91 Å². The van der Waals surface area contributed by atoms with Gasteiger partial charge in [-0.25, -0.2) is 8.78 Å². The summed E-state index contributed by atoms with van der Waals surface area (Å²) in [4.78, 5) is 24.7. The van der Waals surface area contributed by atoms with Crippen LogP contribution in [0.5, 0.6) is 0 Å². The topological polar surface area (TPSA) is 58.2 Å². The average Bonchev–Trinajstić information content (AvgIpc) is 2.97. The SMILES string of the molecule is C[C@H](NC(=O)CNC(=O)c1sc2ccccc2c1Cl)c1ccc(F)cc1F. The number of nitrogens with one attached hydrogen (secondary N) is 2. The fourth-order valence-corrected chi connectivity index (χ4v) is 4.06. The first-order valence-electron chi connectivity index (χ1n) is 8.06. The lowest BCUT2D eigenvalue weighted by Crippen LogP contribution is -2.38. The van der Waals surface area contributed by atoms with Crippen LogP contribution in [0.15, 0.2) is 42.5 Å². The van der Waals surface area contributed by atoms with Crippen molar-refractivity contribution < 1.29 is 18.4 Å². The molecule has 0 saturated carbocycles. The van der Waals surface area contributed by atoms with E-state index in [1.54, 1.807) is 6.92 Å². The van der Waals surface area contributed by atoms with Crippen LogP contribution < -0.4 is 10.6 Å². The zero-order chi connectivity index (χ0) is 19.6. The van der Waals surface area contributed by atoms with Crippen molar-refractivity contribution in [3.05, 3.63) is 69.6 Å². The van der Waals surface area contributed by atoms with E-state index in [-0.39, 0.29) is 12.1 Å². The summed E-state index contributed by atoms with van der Waals surface area (Å²) in [5.74, 6) is -2.40. The summed E-state index contributed by atoms with van der Waals surface area (Å²) in [5.41, 5.74) is 0.156. The third-order valence-corrected chi connectivity index (χ3v) is 5.63. The number of hydrogen-bond donors (Lipinski definition) is 2. The van der Waals surface area contributed by atoms with E-state index in [4.69, 9.17) is 11.6 Å². The lowest BCUT2D eigenvalue weighted by atomic mass is 10.1. The maximum atomic E-state index is 13.8. The van der Waals surface area contributed by atoms with Crippen LogP contribution in [0.2, 0.25) is 5.02 Å². The highest BCUT2D eigenvalue weighted by Gasteiger charge is 2.19. The van der Waals surface area contributed by atoms with Crippen molar-refractivity contribution in [2.75, 3.05) is 6.54 Å². The van der Waals surface area contributed by atoms with Crippen LogP contribution in [-0.2, 0) is 4.79 Å². The number of amides is 2. The maximum Gasteiger partial charge on any atom is 0.263 e. The van der Waals surface area contributed by atoms with E-state index in [9.17, 15) is 18.4 Å². The molecule has 2 aromatic carbocycles. The van der Waals surface area contributed by atoms with E-state index >= 15 is 0 Å². The van der Waals surface area contributed by atoms with E-state index in [2.05, 4.69) is 10.6 Å². The number of rotatable bonds is 5. The highest BCUT2D eigenvalue weighted by Crippen LogP contribution is 2.34. The van der Waals surface area contributed by atoms with Gasteiger partial charge in [-0.1, -0.05) is 35.9 Å². The molecule has 0 bridgehead atoms. The standard InChI is InChI=1S/C19H15ClF2N2O2S/c1-10(12-7-6-11(21)8-14(12)22)24-16(25)9-23-19(26)18-17(20)13-4-2-3-5-15(13)27-18/h2-8,10H,9H2,1H3,(H,23,26)(H,24,25)/t10-/m0/s1. The fraction of sp³-hybridized carbons (Fsp3) is 0.158. The number of thiophene rings is 1. The Hall–Kier alpha value is -2.51. The molecule has 3 aromatic rings. The van der Waals surface area contributed by atoms with Crippen LogP contribution >= 0.6 is 22.9 Å². The molecule has 140 valence electrons. The molecule has 1 atom stereocenters. The molecule has 1 heterocycles. The Morgan fingerprint density at radius 1 is 1.19 bits per heavy atom. The van der Waals surface area contributed by atoms with Gasteiger partial charge in [0.25, 0.3) is 5.91 Å². The molecule has 0 radical (unpaired) electrons. The number of halogens is 3. The number of carbonyl (C=O) groups excluding carboxylic acids is 2. The normalized spacial score (nSPS) is 12.0. The van der Waals surface area contributed by atoms with Crippen LogP contribution in [-0.4, -0.2) is 18.4 Å². The van der Waals surface area contributed by atoms with Crippen molar-refractivity contribution in [3.8, 4) is 0 Å². The Labute approximate surface area is 163 Å². The number of hydrogen-bond acceptors (Lipinski definition) is 3. The quantitative estimate of drug-likeness (QED) is 0.655. The van der Waals surface area contributed by atoms with Crippen molar-refractivity contribution >= 4 is 44.8 Å². The summed E-state index contributed by atoms with van der Waals surface area (Å²) >= 11 is 7.48. The summed E-state index contributed by atoms with van der Waals surface area (Å²) in [6.45, 7) is 1.27. The minimum atomic E-state index is -0.746. The van der Waals surface area contributed by atoms with Gasteiger partial charge in [0.15, 0.2) is 0 Å². The Morgan fingerprint density at radius 2 is 1.93 bits per heavy atom. The lowest BCUT2D eigenvalue weighted by Gasteiger charge is -2.15. The van der Waals surface area contributed by atoms with Gasteiger partial charge in [-0.2, -0.15) is 0 Å². The Morgan fingerprint density at radius 3 is 2.63 bits per heavy atom. The van der Waals surface area contributed by atoms with E-state index in [1.165, 1.54) is 17.4 Å². The lowest BCUT2D eigenvalue weighted by molar-refractivity contribution is -0.120. The minimum Gasteiger partial charge on any atom is -0.348 e. The Bertz CT molecular complexity index is 1020. The predicted molar refractivity (Wildman–Crippen MR) is 102 cm³/mol. The van der Waals surface area contributed by atoms with Gasteiger partial charge in [-0.3, -0.25) is 9.59 Å². The second-order valence-corrected chi connectivity index (χ2v) is 7.31. The second kappa shape index (κ2) is 8.02. The molecule has 3 rings (SSSR count). The molecular formula is C19H15ClF2N2O2S. The van der Waals surface area contributed by atoms with Crippen LogP contribution in [0.3, 0.4) is 0 Å². The van der Waals surface area contributed by atoms with Gasteiger partial charge < -0.3 is 10.6 Å². The maximum absolute atomic E-state index is 13.8. The summed E-state index contributed by atoms with van der Waals surface area (Å²) in [6.07, 6.45) is 0. The van der Waals surface area contributed by atoms with Crippen LogP contribution in [0.25, 0.3) is 10.1 Å². The van der Waals surface area contributed by atoms with Gasteiger partial charge in [0.1, 0.15) is 16.5 Å². The van der Waals surface area contributed by atoms with Crippen molar-refractivity contribution in [3.63, 3.8) is 0 Å². The molecule has 0 unspecified atom stereocenters. The first-order valence-corrected chi connectivity index (χ1v) is 9.26. The molecule has 0 aliphatic heterocycles. The van der Waals surface area contributed by atoms with Gasteiger partial charge in [-0.15, -0.1) is 11.3 Å². The third-order valence-electron chi connectivity index (χ3n) is 3.96. The largest absolute Gasteiger partial charge is 0.348 e. The molecule has 1 aromatic heterocycles. The summed E-state index contributed by atoms with van der Waals surface area (Å²) in [6, 6.07) is 9.81. The molecule has 27 heavy (non-hydrogen) atoms. The smallest absolute Gasteiger partial charge is 0.263 e. The van der Waals surface area contributed by atoms with E-state index in [1.807, 2.05) is 24.3 Å². The highest BCUT2D eigenvalue weighted by atomic mass is 35.5. The Kier molecular flexibility index (Phi) is 5.72. The van der Waals surface area contributed by atoms with E-state index in [0.29, 0.717) is 9.90 Å². The Balaban J connectivity index is 1.61. The molecule has 0 aliphatic rings. The molecule has 4 nitrogen and oxygen atoms in total. The van der Waals surface area contributed by atoms with Gasteiger partial charge >= 0.3 is 0 Å². The first kappa shape index (κ1) is 19.3. The van der Waals surface area contributed by atoms with Gasteiger partial charge in [-0.05, 0) is 19.1 Å². The molecule has 2 amide bonds. The summed E-state index contributed by atoms with van der Waals surface area (Å²) in [5, 5.41) is 6.18. The average molecular weight is 409 g/mol. The monoisotopic (exact) mass is 408 g/mol. The highest BCUT2D eigenvalue weighted by molar-refractivity contribution is 7.21. The molecule has 0 fully saturated rings. The molecule has 2 N–H and O–H groups in total. The van der Waals surface area contributed by atoms with Crippen molar-refractivity contribution in [2.45, 2.75) is 13.0 Å². The second-order valence-electron chi connectivity index (χ2n) is 5.88. The van der Waals surface area contributed by atoms with Gasteiger partial charge in [0.05, 0.1) is 17.6 Å². The first-order chi connectivity index (χ1) is 12.9. The summed E-state index contributed by atoms with van der Waals surface area (Å²) < 4.78 is 27.6.